The standard InChI is InChI=1S/C15H15BrN2/c1-11-2-5-13(6-3-11)18-9-8-17-14-7-4-12(16)10-15(14)18/h2-7,10,17H,8-9H2,1H3. The fourth-order valence-electron chi connectivity index (χ4n) is 2.29. The molecule has 0 amide bonds. The predicted molar refractivity (Wildman–Crippen MR) is 80.8 cm³/mol. The van der Waals surface area contributed by atoms with Crippen LogP contribution >= 0.6 is 15.9 Å². The molecule has 0 bridgehead atoms. The average Bonchev–Trinajstić information content (AvgIpc) is 2.39. The fraction of sp³-hybridized carbons (Fsp3) is 0.200. The van der Waals surface area contributed by atoms with Gasteiger partial charge in [0.15, 0.2) is 0 Å². The zero-order valence-corrected chi connectivity index (χ0v) is 11.9. The number of hydrogen-bond acceptors (Lipinski definition) is 2. The van der Waals surface area contributed by atoms with Crippen LogP contribution in [0, 0.1) is 6.92 Å². The van der Waals surface area contributed by atoms with Crippen molar-refractivity contribution in [1.29, 1.82) is 0 Å². The summed E-state index contributed by atoms with van der Waals surface area (Å²) in [6.07, 6.45) is 0. The molecule has 0 aromatic heterocycles. The first-order valence-electron chi connectivity index (χ1n) is 6.12. The minimum Gasteiger partial charge on any atom is -0.382 e. The third-order valence-electron chi connectivity index (χ3n) is 3.25. The molecule has 2 aromatic rings. The summed E-state index contributed by atoms with van der Waals surface area (Å²) in [5, 5.41) is 3.44. The quantitative estimate of drug-likeness (QED) is 0.844. The van der Waals surface area contributed by atoms with Gasteiger partial charge in [0, 0.05) is 23.2 Å². The van der Waals surface area contributed by atoms with Crippen LogP contribution in [0.25, 0.3) is 0 Å². The predicted octanol–water partition coefficient (Wildman–Crippen LogP) is 4.32. The number of nitrogens with zero attached hydrogens (tertiary/aromatic N) is 1. The Bertz CT molecular complexity index is 563. The van der Waals surface area contributed by atoms with Crippen molar-refractivity contribution in [3.63, 3.8) is 0 Å². The minimum absolute atomic E-state index is 0.975. The van der Waals surface area contributed by atoms with E-state index in [1.807, 2.05) is 0 Å². The minimum atomic E-state index is 0.975. The molecule has 0 radical (unpaired) electrons. The van der Waals surface area contributed by atoms with Crippen molar-refractivity contribution < 1.29 is 0 Å². The van der Waals surface area contributed by atoms with Crippen molar-refractivity contribution in [3.05, 3.63) is 52.5 Å². The summed E-state index contributed by atoms with van der Waals surface area (Å²) in [6, 6.07) is 15.1. The van der Waals surface area contributed by atoms with Crippen molar-refractivity contribution in [2.45, 2.75) is 6.92 Å². The van der Waals surface area contributed by atoms with Crippen LogP contribution in [-0.2, 0) is 0 Å². The second-order valence-electron chi connectivity index (χ2n) is 4.58. The molecule has 2 aromatic carbocycles. The third-order valence-corrected chi connectivity index (χ3v) is 3.74. The van der Waals surface area contributed by atoms with E-state index in [2.05, 4.69) is 75.5 Å². The SMILES string of the molecule is Cc1ccc(N2CCNc3ccc(Br)cc32)cc1. The molecule has 18 heavy (non-hydrogen) atoms. The molecule has 0 atom stereocenters. The Hall–Kier alpha value is -1.48. The monoisotopic (exact) mass is 302 g/mol. The molecular weight excluding hydrogens is 288 g/mol. The average molecular weight is 303 g/mol. The molecule has 0 unspecified atom stereocenters. The lowest BCUT2D eigenvalue weighted by atomic mass is 10.1. The number of hydrogen-bond donors (Lipinski definition) is 1. The van der Waals surface area contributed by atoms with Gasteiger partial charge in [-0.2, -0.15) is 0 Å². The van der Waals surface area contributed by atoms with E-state index in [1.165, 1.54) is 22.6 Å². The molecule has 0 spiro atoms. The smallest absolute Gasteiger partial charge is 0.0658 e. The van der Waals surface area contributed by atoms with Gasteiger partial charge in [0.1, 0.15) is 0 Å². The highest BCUT2D eigenvalue weighted by atomic mass is 79.9. The number of rotatable bonds is 1. The van der Waals surface area contributed by atoms with Crippen molar-refractivity contribution in [1.82, 2.24) is 0 Å². The summed E-state index contributed by atoms with van der Waals surface area (Å²) in [6.45, 7) is 4.08. The molecule has 92 valence electrons. The van der Waals surface area contributed by atoms with Gasteiger partial charge in [0.2, 0.25) is 0 Å². The van der Waals surface area contributed by atoms with Gasteiger partial charge in [-0.25, -0.2) is 0 Å². The van der Waals surface area contributed by atoms with E-state index in [-0.39, 0.29) is 0 Å². The summed E-state index contributed by atoms with van der Waals surface area (Å²) in [7, 11) is 0. The Morgan fingerprint density at radius 3 is 2.67 bits per heavy atom. The van der Waals surface area contributed by atoms with Crippen LogP contribution in [0.2, 0.25) is 0 Å². The summed E-state index contributed by atoms with van der Waals surface area (Å²) >= 11 is 3.55. The van der Waals surface area contributed by atoms with Crippen LogP contribution in [-0.4, -0.2) is 13.1 Å². The Morgan fingerprint density at radius 2 is 1.89 bits per heavy atom. The molecule has 1 heterocycles. The Labute approximate surface area is 116 Å². The zero-order valence-electron chi connectivity index (χ0n) is 10.3. The summed E-state index contributed by atoms with van der Waals surface area (Å²) in [4.78, 5) is 2.36. The van der Waals surface area contributed by atoms with E-state index >= 15 is 0 Å². The summed E-state index contributed by atoms with van der Waals surface area (Å²) in [5.41, 5.74) is 4.98. The van der Waals surface area contributed by atoms with Crippen molar-refractivity contribution in [2.75, 3.05) is 23.3 Å². The van der Waals surface area contributed by atoms with Crippen LogP contribution < -0.4 is 10.2 Å². The van der Waals surface area contributed by atoms with Gasteiger partial charge in [-0.3, -0.25) is 0 Å². The van der Waals surface area contributed by atoms with E-state index in [1.54, 1.807) is 0 Å². The van der Waals surface area contributed by atoms with Gasteiger partial charge in [-0.1, -0.05) is 33.6 Å². The molecule has 0 saturated heterocycles. The highest BCUT2D eigenvalue weighted by molar-refractivity contribution is 9.10. The Balaban J connectivity index is 2.05. The van der Waals surface area contributed by atoms with Crippen LogP contribution in [0.3, 0.4) is 0 Å². The Morgan fingerprint density at radius 1 is 1.11 bits per heavy atom. The zero-order chi connectivity index (χ0) is 12.5. The van der Waals surface area contributed by atoms with Crippen molar-refractivity contribution in [3.8, 4) is 0 Å². The van der Waals surface area contributed by atoms with E-state index in [9.17, 15) is 0 Å². The number of nitrogens with one attached hydrogen (secondary N) is 1. The largest absolute Gasteiger partial charge is 0.382 e. The van der Waals surface area contributed by atoms with Crippen LogP contribution in [0.5, 0.6) is 0 Å². The molecule has 0 saturated carbocycles. The van der Waals surface area contributed by atoms with Gasteiger partial charge in [-0.15, -0.1) is 0 Å². The highest BCUT2D eigenvalue weighted by Crippen LogP contribution is 2.36. The van der Waals surface area contributed by atoms with Gasteiger partial charge in [0.05, 0.1) is 11.4 Å². The lowest BCUT2D eigenvalue weighted by molar-refractivity contribution is 0.926. The fourth-order valence-corrected chi connectivity index (χ4v) is 2.64. The first kappa shape index (κ1) is 11.6. The lowest BCUT2D eigenvalue weighted by Crippen LogP contribution is -2.30. The maximum Gasteiger partial charge on any atom is 0.0658 e. The topological polar surface area (TPSA) is 15.3 Å². The molecule has 3 rings (SSSR count). The molecule has 1 aliphatic heterocycles. The second-order valence-corrected chi connectivity index (χ2v) is 5.49. The van der Waals surface area contributed by atoms with Gasteiger partial charge in [0.25, 0.3) is 0 Å². The Kier molecular flexibility index (Phi) is 3.00. The molecule has 3 heteroatoms. The number of halogens is 1. The number of aryl methyl sites for hydroxylation is 1. The number of benzene rings is 2. The summed E-state index contributed by atoms with van der Waals surface area (Å²) < 4.78 is 1.11. The van der Waals surface area contributed by atoms with Gasteiger partial charge < -0.3 is 10.2 Å². The molecule has 2 nitrogen and oxygen atoms in total. The van der Waals surface area contributed by atoms with Gasteiger partial charge in [-0.05, 0) is 37.3 Å². The van der Waals surface area contributed by atoms with Gasteiger partial charge >= 0.3 is 0 Å². The van der Waals surface area contributed by atoms with E-state index in [4.69, 9.17) is 0 Å². The molecular formula is C15H15BrN2. The molecule has 1 N–H and O–H groups in total. The van der Waals surface area contributed by atoms with E-state index in [0.717, 1.165) is 17.6 Å². The first-order valence-corrected chi connectivity index (χ1v) is 6.91. The third kappa shape index (κ3) is 2.10. The maximum absolute atomic E-state index is 3.55. The van der Waals surface area contributed by atoms with Crippen LogP contribution in [0.15, 0.2) is 46.9 Å². The summed E-state index contributed by atoms with van der Waals surface area (Å²) in [5.74, 6) is 0. The molecule has 1 aliphatic rings. The highest BCUT2D eigenvalue weighted by Gasteiger charge is 2.17. The van der Waals surface area contributed by atoms with Crippen LogP contribution in [0.1, 0.15) is 5.56 Å². The van der Waals surface area contributed by atoms with Crippen LogP contribution in [0.4, 0.5) is 17.1 Å². The normalized spacial score (nSPS) is 14.0. The second kappa shape index (κ2) is 4.65. The number of anilines is 3. The molecule has 0 aliphatic carbocycles. The lowest BCUT2D eigenvalue weighted by Gasteiger charge is -2.32. The first-order chi connectivity index (χ1) is 8.74. The van der Waals surface area contributed by atoms with Crippen molar-refractivity contribution in [2.24, 2.45) is 0 Å². The van der Waals surface area contributed by atoms with E-state index < -0.39 is 0 Å². The molecule has 0 fully saturated rings. The van der Waals surface area contributed by atoms with E-state index in [0.29, 0.717) is 0 Å². The maximum atomic E-state index is 3.55. The number of fused-ring (bicyclic) bond motifs is 1. The van der Waals surface area contributed by atoms with Crippen molar-refractivity contribution >= 4 is 33.0 Å².